The lowest BCUT2D eigenvalue weighted by Gasteiger charge is -2.26. The summed E-state index contributed by atoms with van der Waals surface area (Å²) in [6.45, 7) is -0.308. The second kappa shape index (κ2) is 3.86. The van der Waals surface area contributed by atoms with Gasteiger partial charge in [0.2, 0.25) is 0 Å². The molecule has 0 bridgehead atoms. The molecule has 86 valence electrons. The van der Waals surface area contributed by atoms with Crippen molar-refractivity contribution in [3.05, 3.63) is 28.8 Å². The van der Waals surface area contributed by atoms with Crippen LogP contribution in [0.2, 0.25) is 0 Å². The average molecular weight is 224 g/mol. The maximum Gasteiger partial charge on any atom is 0.169 e. The Balaban J connectivity index is 2.62. The van der Waals surface area contributed by atoms with Gasteiger partial charge in [0.25, 0.3) is 0 Å². The molecule has 16 heavy (non-hydrogen) atoms. The number of aliphatic hydroxyl groups excluding tert-OH is 3. The van der Waals surface area contributed by atoms with Crippen LogP contribution in [0, 0.1) is 0 Å². The minimum Gasteiger partial charge on any atom is -0.507 e. The number of phenolic OH excluding ortho intramolecular Hbond substituents is 1. The summed E-state index contributed by atoms with van der Waals surface area (Å²) in [4.78, 5) is 11.6. The standard InChI is InChI=1S/C11H12O5/c12-4-5-1-6-10(7(13)2-5)8(14)3-9(15)11(6)16/h1-2,9,11-13,15-16H,3-4H2. The number of phenols is 1. The van der Waals surface area contributed by atoms with E-state index in [0.29, 0.717) is 5.56 Å². The van der Waals surface area contributed by atoms with E-state index >= 15 is 0 Å². The molecule has 0 saturated carbocycles. The third kappa shape index (κ3) is 1.59. The van der Waals surface area contributed by atoms with Gasteiger partial charge >= 0.3 is 0 Å². The monoisotopic (exact) mass is 224 g/mol. The van der Waals surface area contributed by atoms with E-state index < -0.39 is 18.0 Å². The molecule has 1 aliphatic rings. The van der Waals surface area contributed by atoms with E-state index in [1.165, 1.54) is 12.1 Å². The lowest BCUT2D eigenvalue weighted by Crippen LogP contribution is -2.29. The number of fused-ring (bicyclic) bond motifs is 1. The summed E-state index contributed by atoms with van der Waals surface area (Å²) < 4.78 is 0. The Hall–Kier alpha value is -1.43. The van der Waals surface area contributed by atoms with Gasteiger partial charge in [-0.3, -0.25) is 4.79 Å². The van der Waals surface area contributed by atoms with Crippen molar-refractivity contribution in [1.29, 1.82) is 0 Å². The number of benzene rings is 1. The molecule has 0 heterocycles. The fraction of sp³-hybridized carbons (Fsp3) is 0.364. The Morgan fingerprint density at radius 2 is 2.00 bits per heavy atom. The molecular formula is C11H12O5. The van der Waals surface area contributed by atoms with Crippen LogP contribution in [0.4, 0.5) is 0 Å². The molecule has 0 fully saturated rings. The molecule has 2 unspecified atom stereocenters. The zero-order chi connectivity index (χ0) is 11.9. The highest BCUT2D eigenvalue weighted by molar-refractivity contribution is 6.01. The predicted octanol–water partition coefficient (Wildman–Crippen LogP) is -0.135. The minimum absolute atomic E-state index is 0.0370. The first-order chi connectivity index (χ1) is 7.54. The van der Waals surface area contributed by atoms with E-state index in [-0.39, 0.29) is 29.9 Å². The van der Waals surface area contributed by atoms with E-state index in [4.69, 9.17) is 5.11 Å². The number of ketones is 1. The van der Waals surface area contributed by atoms with E-state index in [1.807, 2.05) is 0 Å². The lowest BCUT2D eigenvalue weighted by atomic mass is 9.85. The summed E-state index contributed by atoms with van der Waals surface area (Å²) in [5.41, 5.74) is 0.597. The summed E-state index contributed by atoms with van der Waals surface area (Å²) >= 11 is 0. The van der Waals surface area contributed by atoms with Gasteiger partial charge in [-0.05, 0) is 23.3 Å². The van der Waals surface area contributed by atoms with Crippen molar-refractivity contribution in [2.75, 3.05) is 0 Å². The fourth-order valence-corrected chi connectivity index (χ4v) is 1.95. The molecule has 0 amide bonds. The van der Waals surface area contributed by atoms with Gasteiger partial charge < -0.3 is 20.4 Å². The van der Waals surface area contributed by atoms with Crippen LogP contribution in [0.3, 0.4) is 0 Å². The van der Waals surface area contributed by atoms with Crippen molar-refractivity contribution < 1.29 is 25.2 Å². The average Bonchev–Trinajstić information content (AvgIpc) is 2.24. The SMILES string of the molecule is O=C1CC(O)C(O)c2cc(CO)cc(O)c21. The maximum atomic E-state index is 11.6. The molecule has 0 aromatic heterocycles. The van der Waals surface area contributed by atoms with Crippen LogP contribution in [0.25, 0.3) is 0 Å². The van der Waals surface area contributed by atoms with Gasteiger partial charge in [-0.25, -0.2) is 0 Å². The number of aromatic hydroxyl groups is 1. The highest BCUT2D eigenvalue weighted by atomic mass is 16.3. The molecule has 5 nitrogen and oxygen atoms in total. The molecule has 0 radical (unpaired) electrons. The molecule has 0 spiro atoms. The van der Waals surface area contributed by atoms with Gasteiger partial charge in [-0.1, -0.05) is 0 Å². The highest BCUT2D eigenvalue weighted by Crippen LogP contribution is 2.36. The largest absolute Gasteiger partial charge is 0.507 e. The quantitative estimate of drug-likeness (QED) is 0.532. The van der Waals surface area contributed by atoms with Crippen molar-refractivity contribution in [1.82, 2.24) is 0 Å². The Kier molecular flexibility index (Phi) is 2.67. The smallest absolute Gasteiger partial charge is 0.169 e. The van der Waals surface area contributed by atoms with E-state index in [9.17, 15) is 20.1 Å². The zero-order valence-electron chi connectivity index (χ0n) is 8.42. The third-order valence-electron chi connectivity index (χ3n) is 2.75. The van der Waals surface area contributed by atoms with Gasteiger partial charge in [0, 0.05) is 6.42 Å². The number of hydrogen-bond donors (Lipinski definition) is 4. The second-order valence-corrected chi connectivity index (χ2v) is 3.88. The highest BCUT2D eigenvalue weighted by Gasteiger charge is 2.33. The summed E-state index contributed by atoms with van der Waals surface area (Å²) in [5.74, 6) is -0.674. The first-order valence-corrected chi connectivity index (χ1v) is 4.90. The fourth-order valence-electron chi connectivity index (χ4n) is 1.95. The maximum absolute atomic E-state index is 11.6. The van der Waals surface area contributed by atoms with E-state index in [0.717, 1.165) is 0 Å². The van der Waals surface area contributed by atoms with Gasteiger partial charge in [-0.15, -0.1) is 0 Å². The number of hydrogen-bond acceptors (Lipinski definition) is 5. The molecule has 4 N–H and O–H groups in total. The van der Waals surface area contributed by atoms with Crippen LogP contribution in [0.15, 0.2) is 12.1 Å². The van der Waals surface area contributed by atoms with Crippen molar-refractivity contribution in [2.24, 2.45) is 0 Å². The molecule has 1 aromatic rings. The van der Waals surface area contributed by atoms with Crippen LogP contribution in [-0.4, -0.2) is 32.3 Å². The number of carbonyl (C=O) groups is 1. The van der Waals surface area contributed by atoms with Crippen LogP contribution in [0.5, 0.6) is 5.75 Å². The van der Waals surface area contributed by atoms with Gasteiger partial charge in [-0.2, -0.15) is 0 Å². The molecule has 5 heteroatoms. The molecule has 2 rings (SSSR count). The summed E-state index contributed by atoms with van der Waals surface area (Å²) in [5, 5.41) is 37.7. The van der Waals surface area contributed by atoms with Gasteiger partial charge in [0.05, 0.1) is 18.3 Å². The van der Waals surface area contributed by atoms with Crippen LogP contribution < -0.4 is 0 Å². The Morgan fingerprint density at radius 1 is 1.31 bits per heavy atom. The van der Waals surface area contributed by atoms with Crippen molar-refractivity contribution >= 4 is 5.78 Å². The Bertz CT molecular complexity index is 440. The molecular weight excluding hydrogens is 212 g/mol. The van der Waals surface area contributed by atoms with Crippen molar-refractivity contribution in [3.8, 4) is 5.75 Å². The predicted molar refractivity (Wildman–Crippen MR) is 53.9 cm³/mol. The van der Waals surface area contributed by atoms with Crippen LogP contribution in [0.1, 0.15) is 34.0 Å². The topological polar surface area (TPSA) is 98.0 Å². The molecule has 0 saturated heterocycles. The molecule has 0 aliphatic heterocycles. The lowest BCUT2D eigenvalue weighted by molar-refractivity contribution is 0.00834. The van der Waals surface area contributed by atoms with Gasteiger partial charge in [0.1, 0.15) is 11.9 Å². The summed E-state index contributed by atoms with van der Waals surface area (Å²) in [6, 6.07) is 2.70. The number of aliphatic hydroxyl groups is 3. The van der Waals surface area contributed by atoms with Gasteiger partial charge in [0.15, 0.2) is 5.78 Å². The molecule has 1 aliphatic carbocycles. The number of rotatable bonds is 1. The Morgan fingerprint density at radius 3 is 2.62 bits per heavy atom. The third-order valence-corrected chi connectivity index (χ3v) is 2.75. The summed E-state index contributed by atoms with van der Waals surface area (Å²) in [6.07, 6.45) is -2.57. The molecule has 1 aromatic carbocycles. The Labute approximate surface area is 91.6 Å². The van der Waals surface area contributed by atoms with E-state index in [2.05, 4.69) is 0 Å². The normalized spacial score (nSPS) is 24.3. The van der Waals surface area contributed by atoms with Crippen molar-refractivity contribution in [3.63, 3.8) is 0 Å². The minimum atomic E-state index is -1.20. The van der Waals surface area contributed by atoms with Crippen LogP contribution >= 0.6 is 0 Å². The first-order valence-electron chi connectivity index (χ1n) is 4.90. The zero-order valence-corrected chi connectivity index (χ0v) is 8.42. The summed E-state index contributed by atoms with van der Waals surface area (Å²) in [7, 11) is 0. The van der Waals surface area contributed by atoms with Crippen molar-refractivity contribution in [2.45, 2.75) is 25.2 Å². The van der Waals surface area contributed by atoms with E-state index in [1.54, 1.807) is 0 Å². The number of Topliss-reactive ketones (excluding diaryl/α,β-unsaturated/α-hetero) is 1. The second-order valence-electron chi connectivity index (χ2n) is 3.88. The number of carbonyl (C=O) groups excluding carboxylic acids is 1. The van der Waals surface area contributed by atoms with Crippen LogP contribution in [-0.2, 0) is 6.61 Å². The first kappa shape index (κ1) is 11.1. The molecule has 2 atom stereocenters.